The summed E-state index contributed by atoms with van der Waals surface area (Å²) in [6.07, 6.45) is -4.81. The Morgan fingerprint density at radius 1 is 0.351 bits per heavy atom. The highest BCUT2D eigenvalue weighted by Crippen LogP contribution is 2.48. The highest BCUT2D eigenvalue weighted by molar-refractivity contribution is 7.00. The second kappa shape index (κ2) is 17.1. The van der Waals surface area contributed by atoms with E-state index in [0.717, 1.165) is 56.0 Å². The van der Waals surface area contributed by atoms with Gasteiger partial charge in [0.1, 0.15) is 0 Å². The largest absolute Gasteiger partial charge is 0.419 e. The molecule has 0 N–H and O–H groups in total. The lowest BCUT2D eigenvalue weighted by atomic mass is 9.33. The summed E-state index contributed by atoms with van der Waals surface area (Å²) in [7, 11) is 0. The molecule has 350 valence electrons. The Morgan fingerprint density at radius 3 is 1.39 bits per heavy atom. The maximum atomic E-state index is 16.2. The Balaban J connectivity index is 0.994. The molecule has 4 heterocycles. The molecule has 0 bridgehead atoms. The molecular formula is C64H40BF3N6. The average molecular weight is 961 g/mol. The van der Waals surface area contributed by atoms with Crippen molar-refractivity contribution in [2.75, 3.05) is 9.80 Å². The molecule has 2 aliphatic rings. The molecule has 10 aromatic carbocycles. The van der Waals surface area contributed by atoms with Crippen molar-refractivity contribution >= 4 is 79.0 Å². The molecule has 2 aliphatic heterocycles. The predicted octanol–water partition coefficient (Wildman–Crippen LogP) is 14.7. The number of hydrogen-bond donors (Lipinski definition) is 0. The van der Waals surface area contributed by atoms with Crippen molar-refractivity contribution in [3.05, 3.63) is 248 Å². The lowest BCUT2D eigenvalue weighted by Crippen LogP contribution is -2.61. The van der Waals surface area contributed by atoms with E-state index >= 15 is 13.2 Å². The molecule has 0 fully saturated rings. The van der Waals surface area contributed by atoms with Crippen LogP contribution in [0.5, 0.6) is 0 Å². The highest BCUT2D eigenvalue weighted by Gasteiger charge is 2.44. The van der Waals surface area contributed by atoms with Crippen molar-refractivity contribution in [1.82, 2.24) is 19.5 Å². The Morgan fingerprint density at radius 2 is 0.824 bits per heavy atom. The minimum absolute atomic E-state index is 0.0320. The quantitative estimate of drug-likeness (QED) is 0.149. The van der Waals surface area contributed by atoms with Crippen molar-refractivity contribution in [3.63, 3.8) is 0 Å². The lowest BCUT2D eigenvalue weighted by Gasteiger charge is -2.44. The first-order valence-corrected chi connectivity index (χ1v) is 24.5. The SMILES string of the molecule is FC(F)(F)c1c(-c2nc(-c3ccccc3)nc(-c3ccccc3)n2)cccc1-n1c2ccccc2c2cc(-c3cc4c5c(c3)N(c3ccccc3)c3ccccc3B5c3ccccc3N4c3ccccc3)ccc21. The summed E-state index contributed by atoms with van der Waals surface area (Å²) < 4.78 is 50.2. The van der Waals surface area contributed by atoms with E-state index in [-0.39, 0.29) is 35.4 Å². The molecule has 0 saturated heterocycles. The summed E-state index contributed by atoms with van der Waals surface area (Å²) in [4.78, 5) is 19.0. The van der Waals surface area contributed by atoms with Crippen molar-refractivity contribution in [1.29, 1.82) is 0 Å². The van der Waals surface area contributed by atoms with Gasteiger partial charge in [-0.1, -0.05) is 170 Å². The van der Waals surface area contributed by atoms with Crippen LogP contribution in [0.3, 0.4) is 0 Å². The van der Waals surface area contributed by atoms with Crippen LogP contribution in [0.15, 0.2) is 243 Å². The molecule has 74 heavy (non-hydrogen) atoms. The smallest absolute Gasteiger partial charge is 0.311 e. The van der Waals surface area contributed by atoms with Crippen molar-refractivity contribution in [2.45, 2.75) is 6.18 Å². The van der Waals surface area contributed by atoms with Gasteiger partial charge in [-0.25, -0.2) is 15.0 Å². The van der Waals surface area contributed by atoms with Crippen LogP contribution in [0.4, 0.5) is 47.3 Å². The van der Waals surface area contributed by atoms with Crippen LogP contribution in [-0.4, -0.2) is 26.2 Å². The molecular weight excluding hydrogens is 921 g/mol. The van der Waals surface area contributed by atoms with Crippen molar-refractivity contribution < 1.29 is 13.2 Å². The predicted molar refractivity (Wildman–Crippen MR) is 295 cm³/mol. The zero-order valence-corrected chi connectivity index (χ0v) is 39.5. The molecule has 0 unspecified atom stereocenters. The van der Waals surface area contributed by atoms with Gasteiger partial charge in [-0.2, -0.15) is 13.2 Å². The molecule has 0 aliphatic carbocycles. The lowest BCUT2D eigenvalue weighted by molar-refractivity contribution is -0.137. The van der Waals surface area contributed by atoms with Crippen LogP contribution in [0, 0.1) is 0 Å². The average Bonchev–Trinajstić information content (AvgIpc) is 3.79. The van der Waals surface area contributed by atoms with E-state index in [0.29, 0.717) is 22.2 Å². The molecule has 0 atom stereocenters. The number of anilines is 6. The summed E-state index contributed by atoms with van der Waals surface area (Å²) >= 11 is 0. The van der Waals surface area contributed by atoms with Crippen LogP contribution >= 0.6 is 0 Å². The third-order valence-electron chi connectivity index (χ3n) is 14.4. The van der Waals surface area contributed by atoms with Gasteiger partial charge in [0.15, 0.2) is 17.5 Å². The number of nitrogens with zero attached hydrogens (tertiary/aromatic N) is 6. The number of benzene rings is 10. The normalized spacial score (nSPS) is 12.7. The molecule has 0 radical (unpaired) electrons. The van der Waals surface area contributed by atoms with Gasteiger partial charge in [0.2, 0.25) is 0 Å². The van der Waals surface area contributed by atoms with E-state index in [4.69, 9.17) is 15.0 Å². The Kier molecular flexibility index (Phi) is 9.98. The van der Waals surface area contributed by atoms with E-state index in [1.54, 1.807) is 16.7 Å². The minimum Gasteiger partial charge on any atom is -0.311 e. The zero-order valence-electron chi connectivity index (χ0n) is 39.5. The standard InChI is InChI=1S/C64H40BF3N6/c66-64(67,68)59-48(63-70-61(41-20-5-1-6-21-41)69-62(71-63)42-22-7-2-8-23-42)29-19-35-56(59)74-52-32-16-13-28-47(52)49-38-43(36-37-53(49)74)44-39-57-60-58(40-44)73(46-26-11-4-12-27-46)55-34-18-15-31-51(55)65(60)50-30-14-17-33-54(50)72(57)45-24-9-3-10-25-45/h1-40H. The van der Waals surface area contributed by atoms with E-state index < -0.39 is 11.7 Å². The van der Waals surface area contributed by atoms with Crippen LogP contribution in [-0.2, 0) is 6.18 Å². The number of rotatable bonds is 7. The van der Waals surface area contributed by atoms with E-state index in [9.17, 15) is 0 Å². The molecule has 0 saturated carbocycles. The van der Waals surface area contributed by atoms with E-state index in [1.165, 1.54) is 22.5 Å². The first-order chi connectivity index (χ1) is 36.4. The highest BCUT2D eigenvalue weighted by atomic mass is 19.4. The fourth-order valence-corrected chi connectivity index (χ4v) is 11.3. The molecule has 12 aromatic rings. The van der Waals surface area contributed by atoms with Crippen LogP contribution < -0.4 is 26.2 Å². The summed E-state index contributed by atoms with van der Waals surface area (Å²) in [6.45, 7) is -0.0483. The van der Waals surface area contributed by atoms with Gasteiger partial charge in [-0.15, -0.1) is 0 Å². The van der Waals surface area contributed by atoms with Gasteiger partial charge in [0.05, 0.1) is 22.3 Å². The van der Waals surface area contributed by atoms with Gasteiger partial charge < -0.3 is 14.4 Å². The van der Waals surface area contributed by atoms with Crippen LogP contribution in [0.25, 0.3) is 72.8 Å². The number of para-hydroxylation sites is 5. The number of fused-ring (bicyclic) bond motifs is 7. The monoisotopic (exact) mass is 960 g/mol. The van der Waals surface area contributed by atoms with Gasteiger partial charge in [0.25, 0.3) is 6.71 Å². The van der Waals surface area contributed by atoms with Crippen LogP contribution in [0.1, 0.15) is 5.56 Å². The number of alkyl halides is 3. The van der Waals surface area contributed by atoms with E-state index in [2.05, 4.69) is 125 Å². The summed E-state index contributed by atoms with van der Waals surface area (Å²) in [6, 6.07) is 79.9. The number of aromatic nitrogens is 4. The van der Waals surface area contributed by atoms with Crippen LogP contribution in [0.2, 0.25) is 0 Å². The third kappa shape index (κ3) is 6.94. The zero-order chi connectivity index (χ0) is 49.5. The molecule has 2 aromatic heterocycles. The molecule has 10 heteroatoms. The maximum Gasteiger partial charge on any atom is 0.419 e. The van der Waals surface area contributed by atoms with Gasteiger partial charge >= 0.3 is 6.18 Å². The number of hydrogen-bond acceptors (Lipinski definition) is 5. The second-order valence-electron chi connectivity index (χ2n) is 18.6. The Hall–Kier alpha value is -9.54. The Labute approximate surface area is 425 Å². The van der Waals surface area contributed by atoms with Crippen molar-refractivity contribution in [3.8, 4) is 51.0 Å². The topological polar surface area (TPSA) is 50.1 Å². The summed E-state index contributed by atoms with van der Waals surface area (Å²) in [5, 5.41) is 1.63. The fraction of sp³-hybridized carbons (Fsp3) is 0.0156. The first kappa shape index (κ1) is 43.3. The molecule has 14 rings (SSSR count). The van der Waals surface area contributed by atoms with Gasteiger partial charge in [0, 0.05) is 61.6 Å². The number of halogens is 3. The summed E-state index contributed by atoms with van der Waals surface area (Å²) in [5.74, 6) is 0.473. The molecule has 0 amide bonds. The molecule has 0 spiro atoms. The molecule has 6 nitrogen and oxygen atoms in total. The van der Waals surface area contributed by atoms with Gasteiger partial charge in [-0.05, 0) is 100 Å². The van der Waals surface area contributed by atoms with Gasteiger partial charge in [-0.3, -0.25) is 0 Å². The van der Waals surface area contributed by atoms with E-state index in [1.807, 2.05) is 109 Å². The second-order valence-corrected chi connectivity index (χ2v) is 18.6. The summed E-state index contributed by atoms with van der Waals surface area (Å²) in [5.41, 5.74) is 13.5. The third-order valence-corrected chi connectivity index (χ3v) is 14.4. The van der Waals surface area contributed by atoms with Crippen molar-refractivity contribution in [2.24, 2.45) is 0 Å². The minimum atomic E-state index is -4.81. The maximum absolute atomic E-state index is 16.2. The Bertz CT molecular complexity index is 3980. The first-order valence-electron chi connectivity index (χ1n) is 24.5. The fourth-order valence-electron chi connectivity index (χ4n) is 11.3.